The summed E-state index contributed by atoms with van der Waals surface area (Å²) in [5.41, 5.74) is 6.36. The van der Waals surface area contributed by atoms with Crippen LogP contribution in [-0.4, -0.2) is 6.04 Å². The van der Waals surface area contributed by atoms with Gasteiger partial charge in [-0.15, -0.1) is 0 Å². The van der Waals surface area contributed by atoms with Crippen LogP contribution in [0.1, 0.15) is 33.6 Å². The van der Waals surface area contributed by atoms with Gasteiger partial charge in [0.25, 0.3) is 0 Å². The first kappa shape index (κ1) is 7.07. The molecule has 0 aromatic rings. The highest BCUT2D eigenvalue weighted by molar-refractivity contribution is 4.91. The van der Waals surface area contributed by atoms with Gasteiger partial charge in [-0.05, 0) is 24.2 Å². The molecule has 1 fully saturated rings. The maximum absolute atomic E-state index is 5.96. The quantitative estimate of drug-likeness (QED) is 0.527. The van der Waals surface area contributed by atoms with Crippen LogP contribution in [0.25, 0.3) is 0 Å². The van der Waals surface area contributed by atoms with Gasteiger partial charge in [0.2, 0.25) is 0 Å². The molecule has 0 aliphatic heterocycles. The van der Waals surface area contributed by atoms with Gasteiger partial charge in [0, 0.05) is 6.04 Å². The summed E-state index contributed by atoms with van der Waals surface area (Å²) in [6.07, 6.45) is 2.61. The second kappa shape index (κ2) is 1.98. The molecule has 0 saturated heterocycles. The molecule has 0 bridgehead atoms. The van der Waals surface area contributed by atoms with E-state index >= 15 is 0 Å². The summed E-state index contributed by atoms with van der Waals surface area (Å²) in [4.78, 5) is 0. The molecule has 1 aliphatic carbocycles. The van der Waals surface area contributed by atoms with Gasteiger partial charge in [-0.2, -0.15) is 0 Å². The fraction of sp³-hybridized carbons (Fsp3) is 1.00. The van der Waals surface area contributed by atoms with E-state index in [1.165, 1.54) is 12.8 Å². The van der Waals surface area contributed by atoms with Crippen molar-refractivity contribution >= 4 is 0 Å². The molecule has 54 valence electrons. The first-order valence-electron chi connectivity index (χ1n) is 3.79. The predicted octanol–water partition coefficient (Wildman–Crippen LogP) is 1.77. The van der Waals surface area contributed by atoms with E-state index in [0.29, 0.717) is 11.5 Å². The Balaban J connectivity index is 2.62. The van der Waals surface area contributed by atoms with E-state index < -0.39 is 0 Å². The van der Waals surface area contributed by atoms with Crippen molar-refractivity contribution in [1.82, 2.24) is 0 Å². The normalized spacial score (nSPS) is 41.3. The van der Waals surface area contributed by atoms with Crippen molar-refractivity contribution in [3.05, 3.63) is 0 Å². The Bertz CT molecular complexity index is 107. The van der Waals surface area contributed by atoms with Crippen LogP contribution in [0.2, 0.25) is 0 Å². The monoisotopic (exact) mass is 127 g/mol. The number of rotatable bonds is 0. The molecule has 1 aliphatic rings. The van der Waals surface area contributed by atoms with Crippen molar-refractivity contribution in [2.45, 2.75) is 39.7 Å². The van der Waals surface area contributed by atoms with Gasteiger partial charge in [-0.3, -0.25) is 0 Å². The lowest BCUT2D eigenvalue weighted by atomic mass is 9.86. The first-order valence-corrected chi connectivity index (χ1v) is 3.79. The largest absolute Gasteiger partial charge is 0.327 e. The summed E-state index contributed by atoms with van der Waals surface area (Å²) in [5.74, 6) is 0.736. The van der Waals surface area contributed by atoms with Crippen molar-refractivity contribution in [3.63, 3.8) is 0 Å². The van der Waals surface area contributed by atoms with Gasteiger partial charge in [-0.25, -0.2) is 0 Å². The molecule has 0 spiro atoms. The molecule has 1 saturated carbocycles. The summed E-state index contributed by atoms with van der Waals surface area (Å²) < 4.78 is 0. The van der Waals surface area contributed by atoms with Crippen LogP contribution < -0.4 is 5.73 Å². The van der Waals surface area contributed by atoms with Crippen molar-refractivity contribution in [1.29, 1.82) is 0 Å². The van der Waals surface area contributed by atoms with Crippen LogP contribution >= 0.6 is 0 Å². The molecule has 9 heavy (non-hydrogen) atoms. The van der Waals surface area contributed by atoms with Gasteiger partial charge in [0.1, 0.15) is 0 Å². The SMILES string of the molecule is C[C@H]1CCC(C)(C)[C@H]1N. The first-order chi connectivity index (χ1) is 4.04. The van der Waals surface area contributed by atoms with Gasteiger partial charge < -0.3 is 5.73 Å². The smallest absolute Gasteiger partial charge is 0.0116 e. The van der Waals surface area contributed by atoms with Gasteiger partial charge in [-0.1, -0.05) is 20.8 Å². The van der Waals surface area contributed by atoms with Gasteiger partial charge >= 0.3 is 0 Å². The molecule has 0 amide bonds. The minimum absolute atomic E-state index is 0.402. The second-order valence-corrected chi connectivity index (χ2v) is 4.03. The Morgan fingerprint density at radius 3 is 2.11 bits per heavy atom. The summed E-state index contributed by atoms with van der Waals surface area (Å²) in [6, 6.07) is 0.428. The van der Waals surface area contributed by atoms with E-state index in [-0.39, 0.29) is 0 Å². The van der Waals surface area contributed by atoms with E-state index in [2.05, 4.69) is 20.8 Å². The average molecular weight is 127 g/mol. The van der Waals surface area contributed by atoms with E-state index in [1.807, 2.05) is 0 Å². The van der Waals surface area contributed by atoms with Crippen LogP contribution in [0.15, 0.2) is 0 Å². The van der Waals surface area contributed by atoms with E-state index in [1.54, 1.807) is 0 Å². The molecule has 0 radical (unpaired) electrons. The number of hydrogen-bond acceptors (Lipinski definition) is 1. The van der Waals surface area contributed by atoms with Crippen molar-refractivity contribution in [2.24, 2.45) is 17.1 Å². The highest BCUT2D eigenvalue weighted by atomic mass is 14.7. The Hall–Kier alpha value is -0.0400. The van der Waals surface area contributed by atoms with Gasteiger partial charge in [0.05, 0.1) is 0 Å². The third-order valence-corrected chi connectivity index (χ3v) is 2.76. The highest BCUT2D eigenvalue weighted by Crippen LogP contribution is 2.39. The molecule has 1 rings (SSSR count). The highest BCUT2D eigenvalue weighted by Gasteiger charge is 2.36. The van der Waals surface area contributed by atoms with Crippen LogP contribution in [0.4, 0.5) is 0 Å². The van der Waals surface area contributed by atoms with Crippen LogP contribution in [-0.2, 0) is 0 Å². The topological polar surface area (TPSA) is 26.0 Å². The zero-order valence-electron chi connectivity index (χ0n) is 6.65. The van der Waals surface area contributed by atoms with Crippen molar-refractivity contribution < 1.29 is 0 Å². The lowest BCUT2D eigenvalue weighted by molar-refractivity contribution is 0.308. The van der Waals surface area contributed by atoms with E-state index in [0.717, 1.165) is 5.92 Å². The summed E-state index contributed by atoms with van der Waals surface area (Å²) in [7, 11) is 0. The third-order valence-electron chi connectivity index (χ3n) is 2.76. The zero-order chi connectivity index (χ0) is 7.07. The lowest BCUT2D eigenvalue weighted by Crippen LogP contribution is -2.35. The fourth-order valence-electron chi connectivity index (χ4n) is 1.72. The predicted molar refractivity (Wildman–Crippen MR) is 40.2 cm³/mol. The second-order valence-electron chi connectivity index (χ2n) is 4.03. The standard InChI is InChI=1S/C8H17N/c1-6-4-5-8(2,3)7(6)9/h6-7H,4-5,9H2,1-3H3/t6-,7-/m0/s1. The minimum atomic E-state index is 0.402. The lowest BCUT2D eigenvalue weighted by Gasteiger charge is -2.24. The Morgan fingerprint density at radius 2 is 2.00 bits per heavy atom. The molecule has 1 heteroatoms. The number of nitrogens with two attached hydrogens (primary N) is 1. The zero-order valence-corrected chi connectivity index (χ0v) is 6.65. The fourth-order valence-corrected chi connectivity index (χ4v) is 1.72. The molecule has 2 atom stereocenters. The third kappa shape index (κ3) is 1.11. The minimum Gasteiger partial charge on any atom is -0.327 e. The average Bonchev–Trinajstić information content (AvgIpc) is 1.97. The van der Waals surface area contributed by atoms with Gasteiger partial charge in [0.15, 0.2) is 0 Å². The molecule has 0 aromatic heterocycles. The molecule has 0 unspecified atom stereocenters. The van der Waals surface area contributed by atoms with Crippen molar-refractivity contribution in [2.75, 3.05) is 0 Å². The molecular formula is C8H17N. The van der Waals surface area contributed by atoms with E-state index in [9.17, 15) is 0 Å². The maximum atomic E-state index is 5.96. The van der Waals surface area contributed by atoms with Crippen LogP contribution in [0.3, 0.4) is 0 Å². The molecule has 2 N–H and O–H groups in total. The van der Waals surface area contributed by atoms with Crippen LogP contribution in [0.5, 0.6) is 0 Å². The summed E-state index contributed by atoms with van der Waals surface area (Å²) >= 11 is 0. The Labute approximate surface area is 57.6 Å². The Kier molecular flexibility index (Phi) is 1.55. The Morgan fingerprint density at radius 1 is 1.44 bits per heavy atom. The maximum Gasteiger partial charge on any atom is 0.0116 e. The summed E-state index contributed by atoms with van der Waals surface area (Å²) in [6.45, 7) is 6.78. The summed E-state index contributed by atoms with van der Waals surface area (Å²) in [5, 5.41) is 0. The molecular weight excluding hydrogens is 110 g/mol. The molecule has 1 nitrogen and oxygen atoms in total. The van der Waals surface area contributed by atoms with E-state index in [4.69, 9.17) is 5.73 Å². The van der Waals surface area contributed by atoms with Crippen molar-refractivity contribution in [3.8, 4) is 0 Å². The molecule has 0 heterocycles. The number of hydrogen-bond donors (Lipinski definition) is 1. The van der Waals surface area contributed by atoms with Crippen LogP contribution in [0, 0.1) is 11.3 Å². The molecule has 0 aromatic carbocycles.